The van der Waals surface area contributed by atoms with Gasteiger partial charge in [0.15, 0.2) is 0 Å². The summed E-state index contributed by atoms with van der Waals surface area (Å²) in [5.74, 6) is 0.440. The summed E-state index contributed by atoms with van der Waals surface area (Å²) in [6.45, 7) is 0. The topological polar surface area (TPSA) is 56.0 Å². The number of benzene rings is 1. The van der Waals surface area contributed by atoms with Crippen LogP contribution in [0.5, 0.6) is 0 Å². The van der Waals surface area contributed by atoms with E-state index in [0.717, 1.165) is 10.0 Å². The quantitative estimate of drug-likeness (QED) is 0.948. The zero-order valence-corrected chi connectivity index (χ0v) is 11.4. The summed E-state index contributed by atoms with van der Waals surface area (Å²) in [5.41, 5.74) is 7.22. The Morgan fingerprint density at radius 2 is 2.06 bits per heavy atom. The number of nitrogen functional groups attached to an aromatic ring is 1. The molecule has 2 rings (SSSR count). The van der Waals surface area contributed by atoms with Crippen molar-refractivity contribution in [3.63, 3.8) is 0 Å². The largest absolute Gasteiger partial charge is 0.396 e. The molecule has 1 atom stereocenters. The van der Waals surface area contributed by atoms with Crippen LogP contribution in [-0.2, 0) is 16.6 Å². The first-order valence-corrected chi connectivity index (χ1v) is 7.11. The molecule has 0 bridgehead atoms. The van der Waals surface area contributed by atoms with E-state index in [9.17, 15) is 4.21 Å². The highest BCUT2D eigenvalue weighted by atomic mass is 79.9. The number of anilines is 1. The minimum atomic E-state index is -1.15. The van der Waals surface area contributed by atoms with Crippen molar-refractivity contribution in [2.75, 3.05) is 5.73 Å². The van der Waals surface area contributed by atoms with Crippen LogP contribution in [0.15, 0.2) is 52.1 Å². The fourth-order valence-corrected chi connectivity index (χ4v) is 3.26. The van der Waals surface area contributed by atoms with Crippen LogP contribution in [0, 0.1) is 0 Å². The smallest absolute Gasteiger partial charge is 0.0664 e. The maximum Gasteiger partial charge on any atom is 0.0664 e. The summed E-state index contributed by atoms with van der Waals surface area (Å²) >= 11 is 3.44. The number of aromatic nitrogens is 1. The van der Waals surface area contributed by atoms with Gasteiger partial charge in [-0.15, -0.1) is 0 Å². The predicted octanol–water partition coefficient (Wildman–Crippen LogP) is 2.73. The van der Waals surface area contributed by atoms with Gasteiger partial charge in [-0.2, -0.15) is 0 Å². The molecule has 0 radical (unpaired) electrons. The lowest BCUT2D eigenvalue weighted by molar-refractivity contribution is 0.682. The first kappa shape index (κ1) is 12.3. The van der Waals surface area contributed by atoms with Gasteiger partial charge in [-0.1, -0.05) is 34.1 Å². The van der Waals surface area contributed by atoms with Crippen LogP contribution in [0.2, 0.25) is 0 Å². The van der Waals surface area contributed by atoms with Crippen LogP contribution in [0.4, 0.5) is 5.69 Å². The van der Waals surface area contributed by atoms with Crippen LogP contribution >= 0.6 is 15.9 Å². The van der Waals surface area contributed by atoms with E-state index in [1.54, 1.807) is 12.3 Å². The number of nitrogens with zero attached hydrogens (tertiary/aromatic N) is 1. The molecule has 88 valence electrons. The van der Waals surface area contributed by atoms with Gasteiger partial charge in [0.1, 0.15) is 0 Å². The Morgan fingerprint density at radius 1 is 1.29 bits per heavy atom. The molecule has 17 heavy (non-hydrogen) atoms. The molecule has 5 heteroatoms. The Kier molecular flexibility index (Phi) is 3.91. The highest BCUT2D eigenvalue weighted by molar-refractivity contribution is 9.10. The lowest BCUT2D eigenvalue weighted by Crippen LogP contribution is -2.01. The molecule has 2 aromatic rings. The molecular weight excluding hydrogens is 300 g/mol. The number of rotatable bonds is 3. The van der Waals surface area contributed by atoms with Crippen LogP contribution in [0.1, 0.15) is 5.56 Å². The van der Waals surface area contributed by atoms with Gasteiger partial charge in [-0.05, 0) is 17.7 Å². The normalized spacial score (nSPS) is 12.3. The van der Waals surface area contributed by atoms with Crippen molar-refractivity contribution >= 4 is 32.4 Å². The van der Waals surface area contributed by atoms with Crippen LogP contribution in [0.25, 0.3) is 0 Å². The second kappa shape index (κ2) is 5.42. The number of halogens is 1. The molecule has 0 spiro atoms. The maximum absolute atomic E-state index is 12.2. The molecule has 0 aliphatic heterocycles. The minimum absolute atomic E-state index is 0.440. The zero-order chi connectivity index (χ0) is 12.3. The van der Waals surface area contributed by atoms with E-state index >= 15 is 0 Å². The van der Waals surface area contributed by atoms with Gasteiger partial charge in [-0.3, -0.25) is 9.19 Å². The molecule has 1 heterocycles. The van der Waals surface area contributed by atoms with E-state index in [1.807, 2.05) is 24.3 Å². The molecule has 0 saturated carbocycles. The highest BCUT2D eigenvalue weighted by Gasteiger charge is 2.10. The lowest BCUT2D eigenvalue weighted by atomic mass is 10.2. The van der Waals surface area contributed by atoms with Gasteiger partial charge in [0, 0.05) is 10.7 Å². The van der Waals surface area contributed by atoms with Gasteiger partial charge in [-0.25, -0.2) is 0 Å². The van der Waals surface area contributed by atoms with Crippen LogP contribution in [-0.4, -0.2) is 9.19 Å². The predicted molar refractivity (Wildman–Crippen MR) is 72.9 cm³/mol. The number of nitrogens with two attached hydrogens (primary N) is 1. The summed E-state index contributed by atoms with van der Waals surface area (Å²) in [6, 6.07) is 9.43. The maximum atomic E-state index is 12.2. The van der Waals surface area contributed by atoms with Crippen molar-refractivity contribution in [1.29, 1.82) is 0 Å². The third-order valence-corrected chi connectivity index (χ3v) is 4.51. The summed E-state index contributed by atoms with van der Waals surface area (Å²) in [7, 11) is -1.15. The van der Waals surface area contributed by atoms with Gasteiger partial charge in [0.2, 0.25) is 0 Å². The fraction of sp³-hybridized carbons (Fsp3) is 0.0833. The van der Waals surface area contributed by atoms with E-state index in [1.165, 1.54) is 6.20 Å². The molecular formula is C12H11BrN2OS. The summed E-state index contributed by atoms with van der Waals surface area (Å²) in [6.07, 6.45) is 3.12. The zero-order valence-electron chi connectivity index (χ0n) is 8.97. The lowest BCUT2D eigenvalue weighted by Gasteiger charge is -2.06. The van der Waals surface area contributed by atoms with Gasteiger partial charge < -0.3 is 5.73 Å². The monoisotopic (exact) mass is 310 g/mol. The summed E-state index contributed by atoms with van der Waals surface area (Å²) in [5, 5.41) is 0. The van der Waals surface area contributed by atoms with Crippen molar-refractivity contribution in [1.82, 2.24) is 4.98 Å². The standard InChI is InChI=1S/C12H11BrN2OS/c13-10-4-2-1-3-9(10)8-17(16)12-5-6-15-7-11(12)14/h1-7H,8,14H2. The molecule has 1 aromatic carbocycles. The van der Waals surface area contributed by atoms with Gasteiger partial charge in [0.05, 0.1) is 33.3 Å². The molecule has 1 unspecified atom stereocenters. The van der Waals surface area contributed by atoms with Crippen molar-refractivity contribution in [2.45, 2.75) is 10.6 Å². The SMILES string of the molecule is Nc1cnccc1S(=O)Cc1ccccc1Br. The highest BCUT2D eigenvalue weighted by Crippen LogP contribution is 2.22. The second-order valence-corrected chi connectivity index (χ2v) is 5.77. The van der Waals surface area contributed by atoms with Crippen molar-refractivity contribution in [2.24, 2.45) is 0 Å². The van der Waals surface area contributed by atoms with E-state index in [0.29, 0.717) is 16.3 Å². The molecule has 0 aliphatic carbocycles. The van der Waals surface area contributed by atoms with Gasteiger partial charge in [0.25, 0.3) is 0 Å². The average Bonchev–Trinajstić information content (AvgIpc) is 2.32. The van der Waals surface area contributed by atoms with Crippen LogP contribution < -0.4 is 5.73 Å². The molecule has 0 fully saturated rings. The minimum Gasteiger partial charge on any atom is -0.396 e. The molecule has 0 saturated heterocycles. The second-order valence-electron chi connectivity index (χ2n) is 3.49. The van der Waals surface area contributed by atoms with E-state index in [-0.39, 0.29) is 0 Å². The Balaban J connectivity index is 2.24. The molecule has 3 nitrogen and oxygen atoms in total. The molecule has 2 N–H and O–H groups in total. The Labute approximate surface area is 111 Å². The van der Waals surface area contributed by atoms with Crippen molar-refractivity contribution in [3.05, 3.63) is 52.8 Å². The third-order valence-electron chi connectivity index (χ3n) is 2.30. The first-order valence-electron chi connectivity index (χ1n) is 5.00. The molecule has 0 aliphatic rings. The molecule has 1 aromatic heterocycles. The number of hydrogen-bond donors (Lipinski definition) is 1. The first-order chi connectivity index (χ1) is 8.18. The Bertz CT molecular complexity index is 560. The van der Waals surface area contributed by atoms with Crippen molar-refractivity contribution < 1.29 is 4.21 Å². The fourth-order valence-electron chi connectivity index (χ4n) is 1.44. The Hall–Kier alpha value is -1.20. The van der Waals surface area contributed by atoms with E-state index < -0.39 is 10.8 Å². The van der Waals surface area contributed by atoms with E-state index in [4.69, 9.17) is 5.73 Å². The Morgan fingerprint density at radius 3 is 2.76 bits per heavy atom. The summed E-state index contributed by atoms with van der Waals surface area (Å²) in [4.78, 5) is 4.52. The summed E-state index contributed by atoms with van der Waals surface area (Å²) < 4.78 is 13.1. The van der Waals surface area contributed by atoms with E-state index in [2.05, 4.69) is 20.9 Å². The van der Waals surface area contributed by atoms with Crippen LogP contribution in [0.3, 0.4) is 0 Å². The number of hydrogen-bond acceptors (Lipinski definition) is 3. The van der Waals surface area contributed by atoms with Gasteiger partial charge >= 0.3 is 0 Å². The van der Waals surface area contributed by atoms with Crippen molar-refractivity contribution in [3.8, 4) is 0 Å². The number of pyridine rings is 1. The molecule has 0 amide bonds. The third kappa shape index (κ3) is 2.92. The average molecular weight is 311 g/mol.